The van der Waals surface area contributed by atoms with E-state index in [2.05, 4.69) is 39.4 Å². The smallest absolute Gasteiger partial charge is 0.272 e. The molecule has 1 aromatic carbocycles. The lowest BCUT2D eigenvalue weighted by Gasteiger charge is -2.16. The van der Waals surface area contributed by atoms with Gasteiger partial charge in [-0.1, -0.05) is 18.2 Å². The van der Waals surface area contributed by atoms with Crippen LogP contribution in [0.1, 0.15) is 21.6 Å². The van der Waals surface area contributed by atoms with E-state index in [0.717, 1.165) is 29.0 Å². The predicted octanol–water partition coefficient (Wildman–Crippen LogP) is 3.73. The van der Waals surface area contributed by atoms with Crippen molar-refractivity contribution >= 4 is 29.0 Å². The largest absolute Gasteiger partial charge is 0.350 e. The van der Waals surface area contributed by atoms with Crippen molar-refractivity contribution in [1.82, 2.24) is 15.1 Å². The second-order valence-corrected chi connectivity index (χ2v) is 7.52. The second-order valence-electron chi connectivity index (χ2n) is 5.72. The van der Waals surface area contributed by atoms with Crippen LogP contribution in [-0.2, 0) is 19.2 Å². The number of thiophene rings is 1. The first-order chi connectivity index (χ1) is 11.7. The zero-order chi connectivity index (χ0) is 16.5. The first-order valence-corrected chi connectivity index (χ1v) is 9.74. The van der Waals surface area contributed by atoms with Gasteiger partial charge in [-0.3, -0.25) is 9.48 Å². The van der Waals surface area contributed by atoms with Crippen molar-refractivity contribution in [3.63, 3.8) is 0 Å². The average molecular weight is 355 g/mol. The first-order valence-electron chi connectivity index (χ1n) is 7.81. The highest BCUT2D eigenvalue weighted by molar-refractivity contribution is 7.98. The van der Waals surface area contributed by atoms with Crippen molar-refractivity contribution in [3.8, 4) is 11.3 Å². The molecular formula is C18H17N3OS2. The number of hydrogen-bond donors (Lipinski definition) is 1. The van der Waals surface area contributed by atoms with Crippen molar-refractivity contribution in [1.29, 1.82) is 0 Å². The number of benzene rings is 1. The molecule has 2 aromatic heterocycles. The standard InChI is InChI=1S/C18H17N3OS2/c1-21-17-13-4-2-3-5-15(13)24-11-14(17)16(20-21)18(22)19-8-6-12-7-9-23-10-12/h2-5,7,9-10H,6,8,11H2,1H3,(H,19,22). The molecule has 1 aliphatic heterocycles. The summed E-state index contributed by atoms with van der Waals surface area (Å²) in [6.07, 6.45) is 0.849. The molecule has 0 saturated heterocycles. The third-order valence-electron chi connectivity index (χ3n) is 4.15. The number of aromatic nitrogens is 2. The van der Waals surface area contributed by atoms with Crippen LogP contribution in [0, 0.1) is 0 Å². The Hall–Kier alpha value is -2.05. The summed E-state index contributed by atoms with van der Waals surface area (Å²) in [6, 6.07) is 10.4. The maximum Gasteiger partial charge on any atom is 0.272 e. The van der Waals surface area contributed by atoms with Gasteiger partial charge in [-0.05, 0) is 34.9 Å². The Kier molecular flexibility index (Phi) is 4.16. The van der Waals surface area contributed by atoms with Gasteiger partial charge in [0.15, 0.2) is 5.69 Å². The summed E-state index contributed by atoms with van der Waals surface area (Å²) in [6.45, 7) is 0.630. The molecule has 4 rings (SSSR count). The van der Waals surface area contributed by atoms with Crippen molar-refractivity contribution in [2.24, 2.45) is 7.05 Å². The van der Waals surface area contributed by atoms with E-state index < -0.39 is 0 Å². The zero-order valence-electron chi connectivity index (χ0n) is 13.3. The molecular weight excluding hydrogens is 338 g/mol. The number of amides is 1. The van der Waals surface area contributed by atoms with Crippen LogP contribution in [0.15, 0.2) is 46.0 Å². The fraction of sp³-hybridized carbons (Fsp3) is 0.222. The molecule has 1 N–H and O–H groups in total. The molecule has 0 atom stereocenters. The van der Waals surface area contributed by atoms with E-state index in [4.69, 9.17) is 0 Å². The lowest BCUT2D eigenvalue weighted by Crippen LogP contribution is -2.27. The Labute approximate surface area is 148 Å². The summed E-state index contributed by atoms with van der Waals surface area (Å²) in [5, 5.41) is 11.7. The van der Waals surface area contributed by atoms with Crippen molar-refractivity contribution in [3.05, 3.63) is 57.9 Å². The molecule has 0 saturated carbocycles. The Bertz CT molecular complexity index is 884. The number of rotatable bonds is 4. The molecule has 3 heterocycles. The molecule has 0 radical (unpaired) electrons. The molecule has 3 aromatic rings. The van der Waals surface area contributed by atoms with Gasteiger partial charge >= 0.3 is 0 Å². The molecule has 0 unspecified atom stereocenters. The van der Waals surface area contributed by atoms with Crippen LogP contribution in [0.4, 0.5) is 0 Å². The van der Waals surface area contributed by atoms with Crippen LogP contribution in [0.2, 0.25) is 0 Å². The molecule has 6 heteroatoms. The van der Waals surface area contributed by atoms with Gasteiger partial charge in [0.25, 0.3) is 5.91 Å². The zero-order valence-corrected chi connectivity index (χ0v) is 14.9. The van der Waals surface area contributed by atoms with Crippen molar-refractivity contribution in [2.45, 2.75) is 17.1 Å². The van der Waals surface area contributed by atoms with Gasteiger partial charge in [0.05, 0.1) is 5.69 Å². The summed E-state index contributed by atoms with van der Waals surface area (Å²) in [7, 11) is 1.91. The van der Waals surface area contributed by atoms with Crippen LogP contribution < -0.4 is 5.32 Å². The maximum atomic E-state index is 12.6. The number of carbonyl (C=O) groups excluding carboxylic acids is 1. The van der Waals surface area contributed by atoms with E-state index in [-0.39, 0.29) is 5.91 Å². The molecule has 1 amide bonds. The van der Waals surface area contributed by atoms with Gasteiger partial charge in [-0.15, -0.1) is 11.8 Å². The van der Waals surface area contributed by atoms with Crippen molar-refractivity contribution in [2.75, 3.05) is 6.54 Å². The van der Waals surface area contributed by atoms with E-state index in [9.17, 15) is 4.79 Å². The Balaban J connectivity index is 1.56. The fourth-order valence-electron chi connectivity index (χ4n) is 3.00. The van der Waals surface area contributed by atoms with Crippen LogP contribution in [0.5, 0.6) is 0 Å². The molecule has 0 bridgehead atoms. The van der Waals surface area contributed by atoms with Gasteiger partial charge in [0, 0.05) is 35.4 Å². The summed E-state index contributed by atoms with van der Waals surface area (Å²) < 4.78 is 1.83. The SMILES string of the molecule is Cn1nc(C(=O)NCCc2ccsc2)c2c1-c1ccccc1SC2. The maximum absolute atomic E-state index is 12.6. The van der Waals surface area contributed by atoms with Crippen LogP contribution in [-0.4, -0.2) is 22.2 Å². The first kappa shape index (κ1) is 15.5. The third kappa shape index (κ3) is 2.76. The number of hydrogen-bond acceptors (Lipinski definition) is 4. The van der Waals surface area contributed by atoms with Crippen LogP contribution in [0.3, 0.4) is 0 Å². The quantitative estimate of drug-likeness (QED) is 0.776. The molecule has 4 nitrogen and oxygen atoms in total. The molecule has 0 fully saturated rings. The van der Waals surface area contributed by atoms with E-state index in [1.54, 1.807) is 23.1 Å². The van der Waals surface area contributed by atoms with Gasteiger partial charge < -0.3 is 5.32 Å². The highest BCUT2D eigenvalue weighted by Crippen LogP contribution is 2.42. The minimum absolute atomic E-state index is 0.0814. The Morgan fingerprint density at radius 3 is 3.04 bits per heavy atom. The summed E-state index contributed by atoms with van der Waals surface area (Å²) in [5.74, 6) is 0.704. The fourth-order valence-corrected chi connectivity index (χ4v) is 4.77. The number of carbonyl (C=O) groups is 1. The Morgan fingerprint density at radius 2 is 2.21 bits per heavy atom. The number of thioether (sulfide) groups is 1. The summed E-state index contributed by atoms with van der Waals surface area (Å²) in [4.78, 5) is 13.8. The molecule has 0 spiro atoms. The number of aryl methyl sites for hydroxylation is 1. The lowest BCUT2D eigenvalue weighted by molar-refractivity contribution is 0.0948. The molecule has 0 aliphatic carbocycles. The second kappa shape index (κ2) is 6.45. The average Bonchev–Trinajstić information content (AvgIpc) is 3.23. The van der Waals surface area contributed by atoms with E-state index in [1.807, 2.05) is 23.9 Å². The summed E-state index contributed by atoms with van der Waals surface area (Å²) in [5.41, 5.74) is 5.07. The van der Waals surface area contributed by atoms with E-state index >= 15 is 0 Å². The van der Waals surface area contributed by atoms with Gasteiger partial charge in [0.2, 0.25) is 0 Å². The van der Waals surface area contributed by atoms with E-state index in [1.165, 1.54) is 10.5 Å². The van der Waals surface area contributed by atoms with Crippen LogP contribution >= 0.6 is 23.1 Å². The number of fused-ring (bicyclic) bond motifs is 3. The molecule has 24 heavy (non-hydrogen) atoms. The highest BCUT2D eigenvalue weighted by atomic mass is 32.2. The highest BCUT2D eigenvalue weighted by Gasteiger charge is 2.27. The number of nitrogens with one attached hydrogen (secondary N) is 1. The van der Waals surface area contributed by atoms with Gasteiger partial charge in [-0.2, -0.15) is 16.4 Å². The Morgan fingerprint density at radius 1 is 1.33 bits per heavy atom. The minimum Gasteiger partial charge on any atom is -0.350 e. The predicted molar refractivity (Wildman–Crippen MR) is 98.6 cm³/mol. The third-order valence-corrected chi connectivity index (χ3v) is 5.99. The summed E-state index contributed by atoms with van der Waals surface area (Å²) >= 11 is 3.45. The number of nitrogens with zero attached hydrogens (tertiary/aromatic N) is 2. The van der Waals surface area contributed by atoms with Crippen molar-refractivity contribution < 1.29 is 4.79 Å². The molecule has 122 valence electrons. The lowest BCUT2D eigenvalue weighted by atomic mass is 10.1. The van der Waals surface area contributed by atoms with E-state index in [0.29, 0.717) is 12.2 Å². The minimum atomic E-state index is -0.0814. The monoisotopic (exact) mass is 355 g/mol. The topological polar surface area (TPSA) is 46.9 Å². The van der Waals surface area contributed by atoms with Gasteiger partial charge in [-0.25, -0.2) is 0 Å². The van der Waals surface area contributed by atoms with Gasteiger partial charge in [0.1, 0.15) is 0 Å². The molecule has 1 aliphatic rings. The normalized spacial score (nSPS) is 12.5. The van der Waals surface area contributed by atoms with Crippen LogP contribution in [0.25, 0.3) is 11.3 Å².